The van der Waals surface area contributed by atoms with Gasteiger partial charge in [0, 0.05) is 5.02 Å². The van der Waals surface area contributed by atoms with Crippen molar-refractivity contribution in [1.82, 2.24) is 5.32 Å². The SMILES string of the molecule is CSCC[C@@H](N)C(=O)NC(C)c1cccc(Cl)c1. The lowest BCUT2D eigenvalue weighted by Gasteiger charge is -2.17. The minimum Gasteiger partial charge on any atom is -0.348 e. The van der Waals surface area contributed by atoms with Crippen LogP contribution in [0.15, 0.2) is 24.3 Å². The van der Waals surface area contributed by atoms with Crippen LogP contribution in [-0.2, 0) is 4.79 Å². The molecule has 0 aliphatic carbocycles. The van der Waals surface area contributed by atoms with Gasteiger partial charge in [0.25, 0.3) is 0 Å². The highest BCUT2D eigenvalue weighted by molar-refractivity contribution is 7.98. The van der Waals surface area contributed by atoms with Gasteiger partial charge in [0.05, 0.1) is 12.1 Å². The van der Waals surface area contributed by atoms with Gasteiger partial charge in [0.1, 0.15) is 0 Å². The molecule has 2 atom stereocenters. The molecule has 100 valence electrons. The topological polar surface area (TPSA) is 55.1 Å². The second-order valence-electron chi connectivity index (χ2n) is 4.17. The first-order chi connectivity index (χ1) is 8.54. The number of carbonyl (C=O) groups is 1. The Bertz CT molecular complexity index is 400. The van der Waals surface area contributed by atoms with E-state index in [1.165, 1.54) is 0 Å². The molecular formula is C13H19ClN2OS. The maximum Gasteiger partial charge on any atom is 0.237 e. The van der Waals surface area contributed by atoms with Gasteiger partial charge in [0.2, 0.25) is 5.91 Å². The number of hydrogen-bond donors (Lipinski definition) is 2. The average molecular weight is 287 g/mol. The summed E-state index contributed by atoms with van der Waals surface area (Å²) in [6, 6.07) is 6.93. The van der Waals surface area contributed by atoms with E-state index in [0.29, 0.717) is 11.4 Å². The second-order valence-corrected chi connectivity index (χ2v) is 5.60. The lowest BCUT2D eigenvalue weighted by atomic mass is 10.1. The van der Waals surface area contributed by atoms with Gasteiger partial charge in [-0.15, -0.1) is 0 Å². The van der Waals surface area contributed by atoms with Crippen LogP contribution >= 0.6 is 23.4 Å². The van der Waals surface area contributed by atoms with Crippen molar-refractivity contribution in [2.45, 2.75) is 25.4 Å². The van der Waals surface area contributed by atoms with Crippen LogP contribution < -0.4 is 11.1 Å². The van der Waals surface area contributed by atoms with Crippen LogP contribution in [0.25, 0.3) is 0 Å². The summed E-state index contributed by atoms with van der Waals surface area (Å²) in [7, 11) is 0. The average Bonchev–Trinajstić information content (AvgIpc) is 2.35. The van der Waals surface area contributed by atoms with Crippen LogP contribution in [-0.4, -0.2) is 24.0 Å². The molecule has 0 saturated heterocycles. The van der Waals surface area contributed by atoms with Crippen LogP contribution in [0.3, 0.4) is 0 Å². The van der Waals surface area contributed by atoms with Gasteiger partial charge in [-0.2, -0.15) is 11.8 Å². The number of halogens is 1. The summed E-state index contributed by atoms with van der Waals surface area (Å²) >= 11 is 7.60. The number of thioether (sulfide) groups is 1. The van der Waals surface area contributed by atoms with Crippen LogP contribution in [0.1, 0.15) is 24.9 Å². The molecule has 0 radical (unpaired) electrons. The van der Waals surface area contributed by atoms with E-state index < -0.39 is 6.04 Å². The molecule has 18 heavy (non-hydrogen) atoms. The van der Waals surface area contributed by atoms with Gasteiger partial charge in [-0.3, -0.25) is 4.79 Å². The molecule has 0 bridgehead atoms. The highest BCUT2D eigenvalue weighted by Crippen LogP contribution is 2.17. The normalized spacial score (nSPS) is 14.0. The molecule has 3 N–H and O–H groups in total. The lowest BCUT2D eigenvalue weighted by molar-refractivity contribution is -0.123. The molecule has 5 heteroatoms. The molecule has 1 amide bonds. The van der Waals surface area contributed by atoms with E-state index in [-0.39, 0.29) is 11.9 Å². The zero-order valence-corrected chi connectivity index (χ0v) is 12.2. The van der Waals surface area contributed by atoms with Crippen LogP contribution in [0.5, 0.6) is 0 Å². The van der Waals surface area contributed by atoms with Crippen molar-refractivity contribution in [2.24, 2.45) is 5.73 Å². The van der Waals surface area contributed by atoms with Crippen molar-refractivity contribution in [3.05, 3.63) is 34.9 Å². The smallest absolute Gasteiger partial charge is 0.237 e. The molecule has 0 spiro atoms. The van der Waals surface area contributed by atoms with Gasteiger partial charge in [-0.05, 0) is 43.0 Å². The molecule has 0 aromatic heterocycles. The summed E-state index contributed by atoms with van der Waals surface area (Å²) in [6.45, 7) is 1.92. The van der Waals surface area contributed by atoms with Crippen LogP contribution in [0.2, 0.25) is 5.02 Å². The summed E-state index contributed by atoms with van der Waals surface area (Å²) in [5.74, 6) is 0.775. The van der Waals surface area contributed by atoms with Gasteiger partial charge in [-0.1, -0.05) is 23.7 Å². The molecule has 1 aromatic rings. The molecule has 1 unspecified atom stereocenters. The first kappa shape index (κ1) is 15.3. The van der Waals surface area contributed by atoms with Crippen molar-refractivity contribution >= 4 is 29.3 Å². The summed E-state index contributed by atoms with van der Waals surface area (Å²) in [6.07, 6.45) is 2.69. The Morgan fingerprint density at radius 2 is 2.28 bits per heavy atom. The van der Waals surface area contributed by atoms with Gasteiger partial charge < -0.3 is 11.1 Å². The largest absolute Gasteiger partial charge is 0.348 e. The number of amides is 1. The number of carbonyl (C=O) groups excluding carboxylic acids is 1. The van der Waals surface area contributed by atoms with Gasteiger partial charge >= 0.3 is 0 Å². The van der Waals surface area contributed by atoms with Gasteiger partial charge in [0.15, 0.2) is 0 Å². The number of nitrogens with one attached hydrogen (secondary N) is 1. The molecule has 0 fully saturated rings. The Labute approximate surface area is 117 Å². The summed E-state index contributed by atoms with van der Waals surface area (Å²) < 4.78 is 0. The quantitative estimate of drug-likeness (QED) is 0.845. The van der Waals surface area contributed by atoms with Crippen molar-refractivity contribution in [3.8, 4) is 0 Å². The number of nitrogens with two attached hydrogens (primary N) is 1. The minimum atomic E-state index is -0.445. The van der Waals surface area contributed by atoms with Crippen molar-refractivity contribution in [1.29, 1.82) is 0 Å². The number of benzene rings is 1. The molecule has 1 aromatic carbocycles. The van der Waals surface area contributed by atoms with E-state index in [9.17, 15) is 4.79 Å². The third-order valence-electron chi connectivity index (χ3n) is 2.68. The zero-order chi connectivity index (χ0) is 13.5. The Hall–Kier alpha value is -0.710. The first-order valence-corrected chi connectivity index (χ1v) is 7.62. The fourth-order valence-corrected chi connectivity index (χ4v) is 2.24. The van der Waals surface area contributed by atoms with E-state index in [4.69, 9.17) is 17.3 Å². The van der Waals surface area contributed by atoms with Crippen molar-refractivity contribution in [3.63, 3.8) is 0 Å². The maximum atomic E-state index is 11.8. The number of rotatable bonds is 6. The fraction of sp³-hybridized carbons (Fsp3) is 0.462. The van der Waals surface area contributed by atoms with Crippen LogP contribution in [0.4, 0.5) is 0 Å². The Kier molecular flexibility index (Phi) is 6.54. The van der Waals surface area contributed by atoms with E-state index in [1.54, 1.807) is 11.8 Å². The van der Waals surface area contributed by atoms with E-state index in [1.807, 2.05) is 37.4 Å². The van der Waals surface area contributed by atoms with Crippen LogP contribution in [0, 0.1) is 0 Å². The molecule has 0 aliphatic heterocycles. The fourth-order valence-electron chi connectivity index (χ4n) is 1.56. The number of hydrogen-bond acceptors (Lipinski definition) is 3. The summed E-state index contributed by atoms with van der Waals surface area (Å²) in [4.78, 5) is 11.8. The van der Waals surface area contributed by atoms with E-state index >= 15 is 0 Å². The van der Waals surface area contributed by atoms with Crippen molar-refractivity contribution < 1.29 is 4.79 Å². The Balaban J connectivity index is 2.54. The summed E-state index contributed by atoms with van der Waals surface area (Å²) in [5.41, 5.74) is 6.79. The third kappa shape index (κ3) is 4.88. The molecule has 0 heterocycles. The molecule has 3 nitrogen and oxygen atoms in total. The highest BCUT2D eigenvalue weighted by atomic mass is 35.5. The maximum absolute atomic E-state index is 11.8. The predicted molar refractivity (Wildman–Crippen MR) is 79.0 cm³/mol. The van der Waals surface area contributed by atoms with E-state index in [2.05, 4.69) is 5.32 Å². The Morgan fingerprint density at radius 3 is 2.89 bits per heavy atom. The molecular weight excluding hydrogens is 268 g/mol. The molecule has 0 saturated carbocycles. The van der Waals surface area contributed by atoms with Crippen molar-refractivity contribution in [2.75, 3.05) is 12.0 Å². The molecule has 0 aliphatic rings. The summed E-state index contributed by atoms with van der Waals surface area (Å²) in [5, 5.41) is 3.57. The standard InChI is InChI=1S/C13H19ClN2OS/c1-9(10-4-3-5-11(14)8-10)16-13(17)12(15)6-7-18-2/h3-5,8-9,12H,6-7,15H2,1-2H3,(H,16,17)/t9?,12-/m1/s1. The Morgan fingerprint density at radius 1 is 1.56 bits per heavy atom. The zero-order valence-electron chi connectivity index (χ0n) is 10.7. The third-order valence-corrected chi connectivity index (χ3v) is 3.56. The monoisotopic (exact) mass is 286 g/mol. The highest BCUT2D eigenvalue weighted by Gasteiger charge is 2.16. The predicted octanol–water partition coefficient (Wildman–Crippen LogP) is 2.60. The minimum absolute atomic E-state index is 0.0865. The van der Waals surface area contributed by atoms with E-state index in [0.717, 1.165) is 11.3 Å². The van der Waals surface area contributed by atoms with Gasteiger partial charge in [-0.25, -0.2) is 0 Å². The lowest BCUT2D eigenvalue weighted by Crippen LogP contribution is -2.41. The molecule has 1 rings (SSSR count). The second kappa shape index (κ2) is 7.67. The first-order valence-electron chi connectivity index (χ1n) is 5.85.